The highest BCUT2D eigenvalue weighted by Gasteiger charge is 1.99. The molecule has 4 N–H and O–H groups in total. The smallest absolute Gasteiger partial charge is 0.0580 e. The van der Waals surface area contributed by atoms with Gasteiger partial charge in [0, 0.05) is 0 Å². The van der Waals surface area contributed by atoms with Crippen molar-refractivity contribution >= 4 is 36.2 Å². The second-order valence-electron chi connectivity index (χ2n) is 2.51. The van der Waals surface area contributed by atoms with Crippen molar-refractivity contribution < 1.29 is 0 Å². The largest absolute Gasteiger partial charge is 0.397 e. The van der Waals surface area contributed by atoms with E-state index in [0.717, 1.165) is 5.56 Å². The fourth-order valence-electron chi connectivity index (χ4n) is 0.858. The maximum Gasteiger partial charge on any atom is 0.0580 e. The maximum absolute atomic E-state index is 5.66. The fourth-order valence-corrected chi connectivity index (χ4v) is 0.858. The van der Waals surface area contributed by atoms with E-state index in [1.165, 1.54) is 5.56 Å². The lowest BCUT2D eigenvalue weighted by Crippen LogP contribution is -1.98. The van der Waals surface area contributed by atoms with Gasteiger partial charge in [-0.3, -0.25) is 0 Å². The third-order valence-corrected chi connectivity index (χ3v) is 1.82. The van der Waals surface area contributed by atoms with Gasteiger partial charge in [0.05, 0.1) is 11.4 Å². The minimum atomic E-state index is 0. The van der Waals surface area contributed by atoms with Gasteiger partial charge in [-0.25, -0.2) is 0 Å². The lowest BCUT2D eigenvalue weighted by atomic mass is 10.1. The average molecular weight is 209 g/mol. The SMILES string of the molecule is Cc1ccc(N)c(N)c1C.Cl.Cl. The molecule has 1 aromatic carbocycles. The molecular formula is C8H14Cl2N2. The van der Waals surface area contributed by atoms with Gasteiger partial charge < -0.3 is 11.5 Å². The van der Waals surface area contributed by atoms with Crippen LogP contribution in [0.4, 0.5) is 11.4 Å². The van der Waals surface area contributed by atoms with Crippen LogP contribution in [-0.2, 0) is 0 Å². The van der Waals surface area contributed by atoms with Crippen LogP contribution in [0, 0.1) is 13.8 Å². The third-order valence-electron chi connectivity index (χ3n) is 1.82. The summed E-state index contributed by atoms with van der Waals surface area (Å²) in [6.45, 7) is 3.99. The monoisotopic (exact) mass is 208 g/mol. The Morgan fingerprint density at radius 2 is 1.50 bits per heavy atom. The van der Waals surface area contributed by atoms with E-state index >= 15 is 0 Å². The summed E-state index contributed by atoms with van der Waals surface area (Å²) in [4.78, 5) is 0. The number of benzene rings is 1. The second-order valence-corrected chi connectivity index (χ2v) is 2.51. The van der Waals surface area contributed by atoms with Crippen LogP contribution in [0.2, 0.25) is 0 Å². The lowest BCUT2D eigenvalue weighted by Gasteiger charge is -2.05. The first-order chi connectivity index (χ1) is 4.63. The summed E-state index contributed by atoms with van der Waals surface area (Å²) in [5.74, 6) is 0. The van der Waals surface area contributed by atoms with Crippen molar-refractivity contribution in [3.05, 3.63) is 23.3 Å². The van der Waals surface area contributed by atoms with E-state index in [4.69, 9.17) is 11.5 Å². The summed E-state index contributed by atoms with van der Waals surface area (Å²) in [6.07, 6.45) is 0. The van der Waals surface area contributed by atoms with Crippen LogP contribution in [0.25, 0.3) is 0 Å². The Balaban J connectivity index is 0. The number of anilines is 2. The zero-order valence-corrected chi connectivity index (χ0v) is 8.76. The summed E-state index contributed by atoms with van der Waals surface area (Å²) in [5, 5.41) is 0. The van der Waals surface area contributed by atoms with Crippen LogP contribution < -0.4 is 11.5 Å². The highest BCUT2D eigenvalue weighted by molar-refractivity contribution is 5.85. The highest BCUT2D eigenvalue weighted by atomic mass is 35.5. The van der Waals surface area contributed by atoms with Gasteiger partial charge in [-0.2, -0.15) is 0 Å². The standard InChI is InChI=1S/C8H12N2.2ClH/c1-5-3-4-7(9)8(10)6(5)2;;/h3-4H,9-10H2,1-2H3;2*1H. The summed E-state index contributed by atoms with van der Waals surface area (Å²) in [7, 11) is 0. The quantitative estimate of drug-likeness (QED) is 0.644. The predicted octanol–water partition coefficient (Wildman–Crippen LogP) is 2.31. The van der Waals surface area contributed by atoms with Crippen molar-refractivity contribution in [2.45, 2.75) is 13.8 Å². The second kappa shape index (κ2) is 5.12. The molecule has 0 bridgehead atoms. The first-order valence-electron chi connectivity index (χ1n) is 3.24. The van der Waals surface area contributed by atoms with E-state index in [2.05, 4.69) is 0 Å². The van der Waals surface area contributed by atoms with Crippen molar-refractivity contribution in [1.29, 1.82) is 0 Å². The number of nitrogens with two attached hydrogens (primary N) is 2. The Bertz CT molecular complexity index is 234. The van der Waals surface area contributed by atoms with Gasteiger partial charge in [-0.05, 0) is 31.0 Å². The van der Waals surface area contributed by atoms with Crippen LogP contribution in [0.1, 0.15) is 11.1 Å². The number of nitrogen functional groups attached to an aromatic ring is 2. The molecule has 1 rings (SSSR count). The Morgan fingerprint density at radius 1 is 1.00 bits per heavy atom. The molecule has 0 spiro atoms. The topological polar surface area (TPSA) is 52.0 Å². The van der Waals surface area contributed by atoms with Crippen LogP contribution in [-0.4, -0.2) is 0 Å². The minimum Gasteiger partial charge on any atom is -0.397 e. The normalized spacial score (nSPS) is 8.17. The van der Waals surface area contributed by atoms with Gasteiger partial charge in [0.2, 0.25) is 0 Å². The first kappa shape index (κ1) is 14.0. The minimum absolute atomic E-state index is 0. The Hall–Kier alpha value is -0.600. The molecule has 1 aromatic rings. The molecule has 0 aliphatic carbocycles. The number of rotatable bonds is 0. The third kappa shape index (κ3) is 2.47. The fraction of sp³-hybridized carbons (Fsp3) is 0.250. The number of halogens is 2. The molecule has 12 heavy (non-hydrogen) atoms. The number of aryl methyl sites for hydroxylation is 1. The summed E-state index contributed by atoms with van der Waals surface area (Å²) in [5.41, 5.74) is 14.9. The molecular weight excluding hydrogens is 195 g/mol. The van der Waals surface area contributed by atoms with Crippen molar-refractivity contribution in [2.24, 2.45) is 0 Å². The predicted molar refractivity (Wildman–Crippen MR) is 59.2 cm³/mol. The molecule has 2 nitrogen and oxygen atoms in total. The Labute approximate surface area is 85.1 Å². The van der Waals surface area contributed by atoms with Crippen molar-refractivity contribution in [3.63, 3.8) is 0 Å². The molecule has 0 amide bonds. The molecule has 0 aliphatic heterocycles. The van der Waals surface area contributed by atoms with E-state index in [1.54, 1.807) is 0 Å². The molecule has 0 atom stereocenters. The van der Waals surface area contributed by atoms with Crippen LogP contribution in [0.5, 0.6) is 0 Å². The molecule has 0 fully saturated rings. The van der Waals surface area contributed by atoms with E-state index in [9.17, 15) is 0 Å². The van der Waals surface area contributed by atoms with Crippen molar-refractivity contribution in [1.82, 2.24) is 0 Å². The zero-order valence-electron chi connectivity index (χ0n) is 7.13. The first-order valence-corrected chi connectivity index (χ1v) is 3.24. The van der Waals surface area contributed by atoms with E-state index < -0.39 is 0 Å². The van der Waals surface area contributed by atoms with Crippen molar-refractivity contribution in [3.8, 4) is 0 Å². The van der Waals surface area contributed by atoms with Gasteiger partial charge in [0.25, 0.3) is 0 Å². The number of hydrogen-bond donors (Lipinski definition) is 2. The molecule has 0 aromatic heterocycles. The van der Waals surface area contributed by atoms with Gasteiger partial charge >= 0.3 is 0 Å². The van der Waals surface area contributed by atoms with Gasteiger partial charge in [0.1, 0.15) is 0 Å². The Kier molecular flexibility index (Phi) is 5.95. The maximum atomic E-state index is 5.66. The Morgan fingerprint density at radius 3 is 1.92 bits per heavy atom. The van der Waals surface area contributed by atoms with Crippen LogP contribution in [0.3, 0.4) is 0 Å². The zero-order chi connectivity index (χ0) is 7.72. The van der Waals surface area contributed by atoms with Gasteiger partial charge in [-0.1, -0.05) is 6.07 Å². The molecule has 4 heteroatoms. The number of hydrogen-bond acceptors (Lipinski definition) is 2. The van der Waals surface area contributed by atoms with E-state index in [0.29, 0.717) is 11.4 Å². The van der Waals surface area contributed by atoms with E-state index in [-0.39, 0.29) is 24.8 Å². The molecule has 70 valence electrons. The molecule has 0 heterocycles. The average Bonchev–Trinajstić information content (AvgIpc) is 1.93. The van der Waals surface area contributed by atoms with Gasteiger partial charge in [-0.15, -0.1) is 24.8 Å². The molecule has 0 aliphatic rings. The van der Waals surface area contributed by atoms with Crippen molar-refractivity contribution in [2.75, 3.05) is 11.5 Å². The summed E-state index contributed by atoms with van der Waals surface area (Å²) >= 11 is 0. The summed E-state index contributed by atoms with van der Waals surface area (Å²) < 4.78 is 0. The molecule has 0 saturated carbocycles. The van der Waals surface area contributed by atoms with Crippen LogP contribution in [0.15, 0.2) is 12.1 Å². The molecule has 0 radical (unpaired) electrons. The van der Waals surface area contributed by atoms with E-state index in [1.807, 2.05) is 26.0 Å². The van der Waals surface area contributed by atoms with Gasteiger partial charge in [0.15, 0.2) is 0 Å². The highest BCUT2D eigenvalue weighted by Crippen LogP contribution is 2.21. The molecule has 0 saturated heterocycles. The molecule has 0 unspecified atom stereocenters. The summed E-state index contributed by atoms with van der Waals surface area (Å²) in [6, 6.07) is 3.80. The lowest BCUT2D eigenvalue weighted by molar-refractivity contribution is 1.35. The van der Waals surface area contributed by atoms with Crippen LogP contribution >= 0.6 is 24.8 Å².